The molecule has 0 aromatic rings. The molecule has 0 saturated carbocycles. The van der Waals surface area contributed by atoms with E-state index in [1.54, 1.807) is 0 Å². The smallest absolute Gasteiger partial charge is 0.0409 e. The lowest BCUT2D eigenvalue weighted by Gasteiger charge is -2.20. The van der Waals surface area contributed by atoms with E-state index in [1.165, 1.54) is 5.57 Å². The van der Waals surface area contributed by atoms with Gasteiger partial charge in [-0.15, -0.1) is 0 Å². The number of nitrogens with zero attached hydrogens (tertiary/aromatic N) is 1. The van der Waals surface area contributed by atoms with Gasteiger partial charge in [0, 0.05) is 18.8 Å². The van der Waals surface area contributed by atoms with Crippen molar-refractivity contribution in [1.29, 1.82) is 0 Å². The second kappa shape index (κ2) is 3.06. The van der Waals surface area contributed by atoms with Crippen LogP contribution in [0.5, 0.6) is 0 Å². The SMILES string of the molecule is CCC1=CNN(C(C)C)C1. The number of nitrogens with one attached hydrogen (secondary N) is 1. The molecule has 10 heavy (non-hydrogen) atoms. The highest BCUT2D eigenvalue weighted by molar-refractivity contribution is 5.07. The molecule has 1 N–H and O–H groups in total. The molecule has 58 valence electrons. The first-order valence-electron chi connectivity index (χ1n) is 3.94. The van der Waals surface area contributed by atoms with Gasteiger partial charge in [-0.25, -0.2) is 5.01 Å². The number of hydrazine groups is 1. The highest BCUT2D eigenvalue weighted by atomic mass is 15.5. The third kappa shape index (κ3) is 1.51. The summed E-state index contributed by atoms with van der Waals surface area (Å²) in [4.78, 5) is 0. The summed E-state index contributed by atoms with van der Waals surface area (Å²) in [6.07, 6.45) is 3.27. The Morgan fingerprint density at radius 2 is 2.40 bits per heavy atom. The fourth-order valence-electron chi connectivity index (χ4n) is 1.03. The third-order valence-corrected chi connectivity index (χ3v) is 1.89. The van der Waals surface area contributed by atoms with Crippen molar-refractivity contribution in [3.63, 3.8) is 0 Å². The summed E-state index contributed by atoms with van der Waals surface area (Å²) in [6.45, 7) is 7.67. The second-order valence-corrected chi connectivity index (χ2v) is 3.01. The van der Waals surface area contributed by atoms with Crippen molar-refractivity contribution in [2.75, 3.05) is 6.54 Å². The monoisotopic (exact) mass is 140 g/mol. The fraction of sp³-hybridized carbons (Fsp3) is 0.750. The van der Waals surface area contributed by atoms with Crippen molar-refractivity contribution in [1.82, 2.24) is 10.4 Å². The summed E-state index contributed by atoms with van der Waals surface area (Å²) in [7, 11) is 0. The molecule has 0 spiro atoms. The molecule has 0 unspecified atom stereocenters. The Balaban J connectivity index is 2.36. The van der Waals surface area contributed by atoms with E-state index < -0.39 is 0 Å². The van der Waals surface area contributed by atoms with Crippen LogP contribution >= 0.6 is 0 Å². The van der Waals surface area contributed by atoms with Crippen LogP contribution in [-0.2, 0) is 0 Å². The molecule has 2 nitrogen and oxygen atoms in total. The first kappa shape index (κ1) is 7.61. The van der Waals surface area contributed by atoms with Crippen molar-refractivity contribution >= 4 is 0 Å². The van der Waals surface area contributed by atoms with Gasteiger partial charge in [-0.3, -0.25) is 0 Å². The lowest BCUT2D eigenvalue weighted by molar-refractivity contribution is 0.209. The van der Waals surface area contributed by atoms with E-state index in [0.29, 0.717) is 6.04 Å². The normalized spacial score (nSPS) is 19.4. The molecule has 1 heterocycles. The van der Waals surface area contributed by atoms with Crippen molar-refractivity contribution in [3.05, 3.63) is 11.8 Å². The minimum absolute atomic E-state index is 0.597. The van der Waals surface area contributed by atoms with E-state index in [4.69, 9.17) is 0 Å². The standard InChI is InChI=1S/C8H16N2/c1-4-8-5-9-10(6-8)7(2)3/h5,7,9H,4,6H2,1-3H3. The largest absolute Gasteiger partial charge is 0.326 e. The summed E-state index contributed by atoms with van der Waals surface area (Å²) in [5.74, 6) is 0. The zero-order valence-electron chi connectivity index (χ0n) is 7.02. The fourth-order valence-corrected chi connectivity index (χ4v) is 1.03. The molecule has 0 aromatic heterocycles. The van der Waals surface area contributed by atoms with E-state index in [1.807, 2.05) is 0 Å². The molecule has 2 heteroatoms. The summed E-state index contributed by atoms with van der Waals surface area (Å²) >= 11 is 0. The van der Waals surface area contributed by atoms with Crippen LogP contribution in [0.1, 0.15) is 27.2 Å². The van der Waals surface area contributed by atoms with Crippen LogP contribution in [-0.4, -0.2) is 17.6 Å². The Morgan fingerprint density at radius 1 is 1.70 bits per heavy atom. The van der Waals surface area contributed by atoms with Gasteiger partial charge in [0.1, 0.15) is 0 Å². The van der Waals surface area contributed by atoms with E-state index in [9.17, 15) is 0 Å². The first-order valence-corrected chi connectivity index (χ1v) is 3.94. The Morgan fingerprint density at radius 3 is 2.70 bits per heavy atom. The van der Waals surface area contributed by atoms with E-state index in [-0.39, 0.29) is 0 Å². The van der Waals surface area contributed by atoms with Crippen LogP contribution < -0.4 is 5.43 Å². The van der Waals surface area contributed by atoms with Crippen LogP contribution in [0.3, 0.4) is 0 Å². The molecule has 0 saturated heterocycles. The van der Waals surface area contributed by atoms with Crippen LogP contribution in [0.4, 0.5) is 0 Å². The van der Waals surface area contributed by atoms with Crippen molar-refractivity contribution in [3.8, 4) is 0 Å². The van der Waals surface area contributed by atoms with E-state index in [2.05, 4.69) is 37.4 Å². The zero-order chi connectivity index (χ0) is 7.56. The maximum Gasteiger partial charge on any atom is 0.0409 e. The molecule has 0 aliphatic carbocycles. The number of rotatable bonds is 2. The number of hydrogen-bond acceptors (Lipinski definition) is 2. The molecule has 0 radical (unpaired) electrons. The van der Waals surface area contributed by atoms with Gasteiger partial charge in [0.2, 0.25) is 0 Å². The molecule has 0 amide bonds. The van der Waals surface area contributed by atoms with Gasteiger partial charge in [-0.1, -0.05) is 6.92 Å². The molecule has 0 bridgehead atoms. The molecule has 0 aromatic carbocycles. The van der Waals surface area contributed by atoms with Crippen LogP contribution in [0, 0.1) is 0 Å². The average Bonchev–Trinajstić information content (AvgIpc) is 2.34. The van der Waals surface area contributed by atoms with Crippen molar-refractivity contribution in [2.24, 2.45) is 0 Å². The lowest BCUT2D eigenvalue weighted by Crippen LogP contribution is -2.36. The lowest BCUT2D eigenvalue weighted by atomic mass is 10.2. The highest BCUT2D eigenvalue weighted by Gasteiger charge is 2.13. The molecular weight excluding hydrogens is 124 g/mol. The van der Waals surface area contributed by atoms with Crippen LogP contribution in [0.2, 0.25) is 0 Å². The predicted octanol–water partition coefficient (Wildman–Crippen LogP) is 1.51. The van der Waals surface area contributed by atoms with E-state index in [0.717, 1.165) is 13.0 Å². The summed E-state index contributed by atoms with van der Waals surface area (Å²) < 4.78 is 0. The summed E-state index contributed by atoms with van der Waals surface area (Å²) in [5, 5.41) is 2.23. The van der Waals surface area contributed by atoms with Crippen LogP contribution in [0.15, 0.2) is 11.8 Å². The molecule has 1 aliphatic heterocycles. The molecular formula is C8H16N2. The highest BCUT2D eigenvalue weighted by Crippen LogP contribution is 2.09. The Bertz CT molecular complexity index is 138. The third-order valence-electron chi connectivity index (χ3n) is 1.89. The second-order valence-electron chi connectivity index (χ2n) is 3.01. The van der Waals surface area contributed by atoms with E-state index >= 15 is 0 Å². The van der Waals surface area contributed by atoms with Gasteiger partial charge in [0.05, 0.1) is 0 Å². The Kier molecular flexibility index (Phi) is 2.33. The zero-order valence-corrected chi connectivity index (χ0v) is 7.02. The first-order chi connectivity index (χ1) is 4.74. The minimum atomic E-state index is 0.597. The maximum absolute atomic E-state index is 3.23. The quantitative estimate of drug-likeness (QED) is 0.625. The number of hydrogen-bond donors (Lipinski definition) is 1. The summed E-state index contributed by atoms with van der Waals surface area (Å²) in [6, 6.07) is 0.597. The van der Waals surface area contributed by atoms with Crippen molar-refractivity contribution < 1.29 is 0 Å². The topological polar surface area (TPSA) is 15.3 Å². The van der Waals surface area contributed by atoms with Gasteiger partial charge >= 0.3 is 0 Å². The van der Waals surface area contributed by atoms with Crippen molar-refractivity contribution in [2.45, 2.75) is 33.2 Å². The Hall–Kier alpha value is -0.500. The van der Waals surface area contributed by atoms with Gasteiger partial charge < -0.3 is 5.43 Å². The maximum atomic E-state index is 3.23. The molecule has 0 atom stereocenters. The Labute approximate surface area is 62.9 Å². The molecule has 1 rings (SSSR count). The van der Waals surface area contributed by atoms with Crippen LogP contribution in [0.25, 0.3) is 0 Å². The van der Waals surface area contributed by atoms with Gasteiger partial charge in [-0.05, 0) is 25.8 Å². The predicted molar refractivity (Wildman–Crippen MR) is 43.4 cm³/mol. The summed E-state index contributed by atoms with van der Waals surface area (Å²) in [5.41, 5.74) is 4.72. The van der Waals surface area contributed by atoms with Gasteiger partial charge in [-0.2, -0.15) is 0 Å². The van der Waals surface area contributed by atoms with Gasteiger partial charge in [0.15, 0.2) is 0 Å². The average molecular weight is 140 g/mol. The molecule has 0 fully saturated rings. The minimum Gasteiger partial charge on any atom is -0.326 e. The molecule has 1 aliphatic rings. The van der Waals surface area contributed by atoms with Gasteiger partial charge in [0.25, 0.3) is 0 Å².